The quantitative estimate of drug-likeness (QED) is 0.445. The average Bonchev–Trinajstić information content (AvgIpc) is 2.46. The fraction of sp³-hybridized carbons (Fsp3) is 0.222. The van der Waals surface area contributed by atoms with Gasteiger partial charge >= 0.3 is 5.84 Å². The van der Waals surface area contributed by atoms with Crippen molar-refractivity contribution in [3.63, 3.8) is 0 Å². The standard InChI is InChI=1S/C9H8IN2O2/c10-8-3-1-2-7(6-8)9-11(13)4-5-12(9)14/h1-3,6H,4-5H2. The van der Waals surface area contributed by atoms with Crippen LogP contribution in [0.1, 0.15) is 5.56 Å². The second kappa shape index (κ2) is 3.74. The first-order valence-corrected chi connectivity index (χ1v) is 5.28. The Bertz CT molecular complexity index is 392. The lowest BCUT2D eigenvalue weighted by Crippen LogP contribution is -2.24. The monoisotopic (exact) mass is 303 g/mol. The molecule has 1 aromatic rings. The van der Waals surface area contributed by atoms with Gasteiger partial charge < -0.3 is 5.21 Å². The summed E-state index contributed by atoms with van der Waals surface area (Å²) >= 11 is 2.15. The number of halogens is 1. The Kier molecular flexibility index (Phi) is 2.60. The maximum absolute atomic E-state index is 11.3. The van der Waals surface area contributed by atoms with Crippen molar-refractivity contribution in [3.05, 3.63) is 38.6 Å². The van der Waals surface area contributed by atoms with Gasteiger partial charge in [-0.1, -0.05) is 11.1 Å². The van der Waals surface area contributed by atoms with Gasteiger partial charge in [-0.05, 0) is 40.8 Å². The number of hydrogen-bond donors (Lipinski definition) is 0. The van der Waals surface area contributed by atoms with E-state index in [2.05, 4.69) is 22.6 Å². The predicted molar refractivity (Wildman–Crippen MR) is 59.2 cm³/mol. The second-order valence-corrected chi connectivity index (χ2v) is 4.28. The Labute approximate surface area is 95.1 Å². The van der Waals surface area contributed by atoms with Gasteiger partial charge in [0.15, 0.2) is 6.54 Å². The van der Waals surface area contributed by atoms with Crippen LogP contribution in [0.15, 0.2) is 24.3 Å². The molecule has 0 saturated carbocycles. The van der Waals surface area contributed by atoms with Gasteiger partial charge in [-0.2, -0.15) is 0 Å². The highest BCUT2D eigenvalue weighted by Gasteiger charge is 2.29. The number of rotatable bonds is 1. The molecule has 1 aromatic carbocycles. The van der Waals surface area contributed by atoms with Crippen LogP contribution in [0.3, 0.4) is 0 Å². The van der Waals surface area contributed by atoms with E-state index in [9.17, 15) is 10.4 Å². The fourth-order valence-electron chi connectivity index (χ4n) is 1.43. The third-order valence-electron chi connectivity index (χ3n) is 2.06. The summed E-state index contributed by atoms with van der Waals surface area (Å²) < 4.78 is 1.76. The zero-order valence-electron chi connectivity index (χ0n) is 7.31. The fourth-order valence-corrected chi connectivity index (χ4v) is 1.98. The minimum Gasteiger partial charge on any atom is -0.715 e. The molecule has 0 spiro atoms. The first-order chi connectivity index (χ1) is 6.68. The molecule has 0 saturated heterocycles. The Morgan fingerprint density at radius 2 is 2.29 bits per heavy atom. The lowest BCUT2D eigenvalue weighted by atomic mass is 10.2. The van der Waals surface area contributed by atoms with Crippen molar-refractivity contribution in [2.75, 3.05) is 13.1 Å². The first-order valence-electron chi connectivity index (χ1n) is 4.21. The van der Waals surface area contributed by atoms with Crippen LogP contribution in [0.4, 0.5) is 0 Å². The Morgan fingerprint density at radius 3 is 2.86 bits per heavy atom. The van der Waals surface area contributed by atoms with Crippen molar-refractivity contribution in [2.24, 2.45) is 0 Å². The number of hydroxylamine groups is 3. The molecule has 5 heteroatoms. The van der Waals surface area contributed by atoms with Crippen LogP contribution in [-0.2, 0) is 5.21 Å². The van der Waals surface area contributed by atoms with Crippen molar-refractivity contribution in [2.45, 2.75) is 0 Å². The summed E-state index contributed by atoms with van der Waals surface area (Å²) in [7, 11) is 0. The van der Waals surface area contributed by atoms with Crippen LogP contribution < -0.4 is 0 Å². The molecule has 14 heavy (non-hydrogen) atoms. The van der Waals surface area contributed by atoms with E-state index in [1.54, 1.807) is 6.07 Å². The SMILES string of the molecule is [O]N1CC[N+]([O-])=C1c1cccc(I)c1. The third-order valence-corrected chi connectivity index (χ3v) is 2.73. The summed E-state index contributed by atoms with van der Waals surface area (Å²) in [4.78, 5) is 0. The van der Waals surface area contributed by atoms with Gasteiger partial charge in [0.1, 0.15) is 6.54 Å². The van der Waals surface area contributed by atoms with E-state index in [-0.39, 0.29) is 18.9 Å². The molecule has 0 atom stereocenters. The molecule has 0 aliphatic carbocycles. The molecule has 0 unspecified atom stereocenters. The maximum Gasteiger partial charge on any atom is 0.315 e. The Balaban J connectivity index is 2.44. The van der Waals surface area contributed by atoms with Gasteiger partial charge in [-0.25, -0.2) is 0 Å². The first kappa shape index (κ1) is 9.72. The lowest BCUT2D eigenvalue weighted by molar-refractivity contribution is -0.445. The molecule has 1 aliphatic heterocycles. The van der Waals surface area contributed by atoms with Crippen molar-refractivity contribution < 1.29 is 9.95 Å². The van der Waals surface area contributed by atoms with Gasteiger partial charge in [0.25, 0.3) is 0 Å². The zero-order valence-corrected chi connectivity index (χ0v) is 9.47. The molecule has 0 fully saturated rings. The van der Waals surface area contributed by atoms with Crippen LogP contribution in [0.25, 0.3) is 0 Å². The van der Waals surface area contributed by atoms with E-state index in [0.29, 0.717) is 5.56 Å². The van der Waals surface area contributed by atoms with E-state index in [1.165, 1.54) is 0 Å². The van der Waals surface area contributed by atoms with Crippen molar-refractivity contribution in [1.82, 2.24) is 5.06 Å². The lowest BCUT2D eigenvalue weighted by Gasteiger charge is -2.06. The number of nitrogens with zero attached hydrogens (tertiary/aromatic N) is 2. The summed E-state index contributed by atoms with van der Waals surface area (Å²) in [5, 5.41) is 23.4. The molecule has 1 aliphatic rings. The highest BCUT2D eigenvalue weighted by molar-refractivity contribution is 14.1. The highest BCUT2D eigenvalue weighted by atomic mass is 127. The van der Waals surface area contributed by atoms with Gasteiger partial charge in [-0.15, -0.1) is 0 Å². The van der Waals surface area contributed by atoms with Crippen LogP contribution in [0.2, 0.25) is 0 Å². The van der Waals surface area contributed by atoms with Gasteiger partial charge in [-0.3, -0.25) is 4.74 Å². The molecular weight excluding hydrogens is 295 g/mol. The van der Waals surface area contributed by atoms with Crippen LogP contribution >= 0.6 is 22.6 Å². The topological polar surface area (TPSA) is 49.2 Å². The molecule has 1 radical (unpaired) electrons. The summed E-state index contributed by atoms with van der Waals surface area (Å²) in [6.45, 7) is 0.509. The molecule has 0 N–H and O–H groups in total. The summed E-state index contributed by atoms with van der Waals surface area (Å²) in [6, 6.07) is 7.36. The van der Waals surface area contributed by atoms with Crippen LogP contribution in [0.5, 0.6) is 0 Å². The molecule has 0 bridgehead atoms. The largest absolute Gasteiger partial charge is 0.715 e. The average molecular weight is 303 g/mol. The molecule has 0 aromatic heterocycles. The van der Waals surface area contributed by atoms with E-state index in [1.807, 2.05) is 18.2 Å². The van der Waals surface area contributed by atoms with Crippen molar-refractivity contribution >= 4 is 28.4 Å². The van der Waals surface area contributed by atoms with Crippen molar-refractivity contribution in [3.8, 4) is 0 Å². The third kappa shape index (κ3) is 1.69. The Hall–Kier alpha value is -0.820. The molecule has 4 nitrogen and oxygen atoms in total. The van der Waals surface area contributed by atoms with Gasteiger partial charge in [0, 0.05) is 8.78 Å². The minimum atomic E-state index is 0.225. The van der Waals surface area contributed by atoms with E-state index >= 15 is 0 Å². The van der Waals surface area contributed by atoms with E-state index < -0.39 is 0 Å². The van der Waals surface area contributed by atoms with E-state index in [4.69, 9.17) is 0 Å². The molecule has 0 amide bonds. The molecule has 2 rings (SSSR count). The summed E-state index contributed by atoms with van der Waals surface area (Å²) in [6.07, 6.45) is 0. The van der Waals surface area contributed by atoms with Gasteiger partial charge in [0.2, 0.25) is 0 Å². The summed E-state index contributed by atoms with van der Waals surface area (Å²) in [5.74, 6) is 0.225. The second-order valence-electron chi connectivity index (χ2n) is 3.04. The minimum absolute atomic E-state index is 0.225. The summed E-state index contributed by atoms with van der Waals surface area (Å²) in [5.41, 5.74) is 0.694. The van der Waals surface area contributed by atoms with Crippen LogP contribution in [-0.4, -0.2) is 28.7 Å². The Morgan fingerprint density at radius 1 is 1.50 bits per heavy atom. The predicted octanol–water partition coefficient (Wildman–Crippen LogP) is 1.21. The maximum atomic E-state index is 11.3. The van der Waals surface area contributed by atoms with Crippen LogP contribution in [0, 0.1) is 8.78 Å². The zero-order chi connectivity index (χ0) is 10.1. The van der Waals surface area contributed by atoms with Gasteiger partial charge in [0.05, 0.1) is 5.56 Å². The number of hydrogen-bond acceptors (Lipinski definition) is 2. The smallest absolute Gasteiger partial charge is 0.315 e. The number of benzene rings is 1. The normalized spacial score (nSPS) is 16.6. The number of amidine groups is 1. The van der Waals surface area contributed by atoms with Crippen molar-refractivity contribution in [1.29, 1.82) is 0 Å². The molecular formula is C9H8IN2O2. The molecule has 1 heterocycles. The highest BCUT2D eigenvalue weighted by Crippen LogP contribution is 2.12. The molecule has 73 valence electrons. The van der Waals surface area contributed by atoms with E-state index in [0.717, 1.165) is 13.4 Å².